The molecule has 0 saturated heterocycles. The Hall–Kier alpha value is -1.77. The number of hydrogen-bond donors (Lipinski definition) is 1. The molecule has 1 aromatic carbocycles. The van der Waals surface area contributed by atoms with E-state index >= 15 is 0 Å². The fourth-order valence-electron chi connectivity index (χ4n) is 2.01. The lowest BCUT2D eigenvalue weighted by Gasteiger charge is -2.04. The van der Waals surface area contributed by atoms with Crippen molar-refractivity contribution in [1.29, 1.82) is 0 Å². The molecule has 0 aliphatic carbocycles. The number of rotatable bonds is 2. The van der Waals surface area contributed by atoms with Gasteiger partial charge in [-0.15, -0.1) is 0 Å². The molecule has 0 aliphatic heterocycles. The summed E-state index contributed by atoms with van der Waals surface area (Å²) in [5, 5.41) is 4.44. The van der Waals surface area contributed by atoms with Gasteiger partial charge in [-0.05, 0) is 36.6 Å². The van der Waals surface area contributed by atoms with Gasteiger partial charge in [0.1, 0.15) is 0 Å². The van der Waals surface area contributed by atoms with Crippen LogP contribution < -0.4 is 5.73 Å². The first-order chi connectivity index (χ1) is 7.60. The molecule has 0 spiro atoms. The molecule has 3 heteroatoms. The molecule has 2 N–H and O–H groups in total. The Morgan fingerprint density at radius 2 is 2.06 bits per heavy atom. The van der Waals surface area contributed by atoms with E-state index in [0.717, 1.165) is 23.4 Å². The van der Waals surface area contributed by atoms with Crippen molar-refractivity contribution >= 4 is 5.69 Å². The summed E-state index contributed by atoms with van der Waals surface area (Å²) in [6, 6.07) is 6.13. The van der Waals surface area contributed by atoms with Crippen molar-refractivity contribution in [3.05, 3.63) is 35.7 Å². The third-order valence-electron chi connectivity index (χ3n) is 2.65. The SMILES string of the molecule is CCc1nn(C)cc1-c1cc(C)cc(N)c1. The van der Waals surface area contributed by atoms with Crippen LogP contribution in [0.5, 0.6) is 0 Å². The van der Waals surface area contributed by atoms with Gasteiger partial charge in [0.2, 0.25) is 0 Å². The van der Waals surface area contributed by atoms with Crippen molar-refractivity contribution in [3.8, 4) is 11.1 Å². The first-order valence-corrected chi connectivity index (χ1v) is 5.50. The molecule has 3 nitrogen and oxygen atoms in total. The monoisotopic (exact) mass is 215 g/mol. The molecule has 0 bridgehead atoms. The summed E-state index contributed by atoms with van der Waals surface area (Å²) in [6.07, 6.45) is 2.98. The fourth-order valence-corrected chi connectivity index (χ4v) is 2.01. The van der Waals surface area contributed by atoms with Crippen molar-refractivity contribution in [2.24, 2.45) is 7.05 Å². The normalized spacial score (nSPS) is 10.7. The molecule has 0 aliphatic rings. The zero-order valence-electron chi connectivity index (χ0n) is 9.99. The molecular weight excluding hydrogens is 198 g/mol. The third-order valence-corrected chi connectivity index (χ3v) is 2.65. The van der Waals surface area contributed by atoms with E-state index < -0.39 is 0 Å². The molecule has 0 unspecified atom stereocenters. The van der Waals surface area contributed by atoms with Crippen LogP contribution in [0.2, 0.25) is 0 Å². The average molecular weight is 215 g/mol. The minimum Gasteiger partial charge on any atom is -0.399 e. The number of aryl methyl sites for hydroxylation is 3. The lowest BCUT2D eigenvalue weighted by Crippen LogP contribution is -1.90. The van der Waals surface area contributed by atoms with E-state index in [9.17, 15) is 0 Å². The number of benzene rings is 1. The second-order valence-electron chi connectivity index (χ2n) is 4.15. The van der Waals surface area contributed by atoms with E-state index in [1.165, 1.54) is 11.1 Å². The minimum absolute atomic E-state index is 0.806. The fraction of sp³-hybridized carbons (Fsp3) is 0.308. The lowest BCUT2D eigenvalue weighted by molar-refractivity contribution is 0.746. The Labute approximate surface area is 95.9 Å². The van der Waals surface area contributed by atoms with Crippen LogP contribution in [0.3, 0.4) is 0 Å². The highest BCUT2D eigenvalue weighted by molar-refractivity contribution is 5.70. The Morgan fingerprint density at radius 3 is 2.69 bits per heavy atom. The maximum Gasteiger partial charge on any atom is 0.0700 e. The number of nitrogen functional groups attached to an aromatic ring is 1. The molecule has 2 rings (SSSR count). The van der Waals surface area contributed by atoms with E-state index in [-0.39, 0.29) is 0 Å². The Balaban J connectivity index is 2.57. The van der Waals surface area contributed by atoms with Gasteiger partial charge in [0.15, 0.2) is 0 Å². The molecule has 2 aromatic rings. The van der Waals surface area contributed by atoms with Gasteiger partial charge in [-0.1, -0.05) is 13.0 Å². The van der Waals surface area contributed by atoms with Crippen molar-refractivity contribution in [1.82, 2.24) is 9.78 Å². The van der Waals surface area contributed by atoms with Crippen LogP contribution >= 0.6 is 0 Å². The summed E-state index contributed by atoms with van der Waals surface area (Å²) in [7, 11) is 1.95. The highest BCUT2D eigenvalue weighted by Gasteiger charge is 2.08. The number of aromatic nitrogens is 2. The molecule has 0 fully saturated rings. The summed E-state index contributed by atoms with van der Waals surface area (Å²) < 4.78 is 1.85. The Bertz CT molecular complexity index is 492. The van der Waals surface area contributed by atoms with Gasteiger partial charge in [0.05, 0.1) is 5.69 Å². The highest BCUT2D eigenvalue weighted by Crippen LogP contribution is 2.26. The zero-order chi connectivity index (χ0) is 11.7. The maximum atomic E-state index is 5.87. The van der Waals surface area contributed by atoms with Crippen LogP contribution in [0, 0.1) is 6.92 Å². The van der Waals surface area contributed by atoms with Crippen molar-refractivity contribution in [2.45, 2.75) is 20.3 Å². The van der Waals surface area contributed by atoms with Gasteiger partial charge in [-0.25, -0.2) is 0 Å². The van der Waals surface area contributed by atoms with Gasteiger partial charge in [-0.2, -0.15) is 5.10 Å². The summed E-state index contributed by atoms with van der Waals surface area (Å²) in [5.41, 5.74) is 11.3. The number of anilines is 1. The predicted molar refractivity (Wildman–Crippen MR) is 67.2 cm³/mol. The first-order valence-electron chi connectivity index (χ1n) is 5.50. The van der Waals surface area contributed by atoms with Crippen LogP contribution in [-0.4, -0.2) is 9.78 Å². The summed E-state index contributed by atoms with van der Waals surface area (Å²) >= 11 is 0. The van der Waals surface area contributed by atoms with Crippen LogP contribution in [-0.2, 0) is 13.5 Å². The van der Waals surface area contributed by atoms with E-state index in [1.54, 1.807) is 0 Å². The lowest BCUT2D eigenvalue weighted by atomic mass is 10.0. The summed E-state index contributed by atoms with van der Waals surface area (Å²) in [4.78, 5) is 0. The van der Waals surface area contributed by atoms with Crippen LogP contribution in [0.4, 0.5) is 5.69 Å². The van der Waals surface area contributed by atoms with E-state index in [4.69, 9.17) is 5.73 Å². The van der Waals surface area contributed by atoms with Gasteiger partial charge in [0, 0.05) is 24.5 Å². The molecule has 0 atom stereocenters. The topological polar surface area (TPSA) is 43.8 Å². The highest BCUT2D eigenvalue weighted by atomic mass is 15.2. The van der Waals surface area contributed by atoms with Gasteiger partial charge in [0.25, 0.3) is 0 Å². The molecule has 1 aromatic heterocycles. The Kier molecular flexibility index (Phi) is 2.69. The minimum atomic E-state index is 0.806. The Morgan fingerprint density at radius 1 is 1.31 bits per heavy atom. The third kappa shape index (κ3) is 1.94. The summed E-state index contributed by atoms with van der Waals surface area (Å²) in [5.74, 6) is 0. The standard InChI is InChI=1S/C13H17N3/c1-4-13-12(8-16(3)15-13)10-5-9(2)6-11(14)7-10/h5-8H,4,14H2,1-3H3. The summed E-state index contributed by atoms with van der Waals surface area (Å²) in [6.45, 7) is 4.17. The number of nitrogens with two attached hydrogens (primary N) is 1. The van der Waals surface area contributed by atoms with Crippen molar-refractivity contribution in [3.63, 3.8) is 0 Å². The first kappa shape index (κ1) is 10.7. The average Bonchev–Trinajstić information content (AvgIpc) is 2.58. The molecular formula is C13H17N3. The van der Waals surface area contributed by atoms with Crippen molar-refractivity contribution in [2.75, 3.05) is 5.73 Å². The molecule has 84 valence electrons. The van der Waals surface area contributed by atoms with Crippen LogP contribution in [0.15, 0.2) is 24.4 Å². The second-order valence-corrected chi connectivity index (χ2v) is 4.15. The predicted octanol–water partition coefficient (Wildman–Crippen LogP) is 2.54. The quantitative estimate of drug-likeness (QED) is 0.782. The van der Waals surface area contributed by atoms with Gasteiger partial charge >= 0.3 is 0 Å². The molecule has 0 radical (unpaired) electrons. The smallest absolute Gasteiger partial charge is 0.0700 e. The molecule has 0 saturated carbocycles. The molecule has 1 heterocycles. The number of hydrogen-bond acceptors (Lipinski definition) is 2. The van der Waals surface area contributed by atoms with E-state index in [2.05, 4.69) is 25.0 Å². The van der Waals surface area contributed by atoms with E-state index in [0.29, 0.717) is 0 Å². The number of nitrogens with zero attached hydrogens (tertiary/aromatic N) is 2. The maximum absolute atomic E-state index is 5.87. The molecule has 16 heavy (non-hydrogen) atoms. The van der Waals surface area contributed by atoms with Crippen molar-refractivity contribution < 1.29 is 0 Å². The largest absolute Gasteiger partial charge is 0.399 e. The molecule has 0 amide bonds. The van der Waals surface area contributed by atoms with Gasteiger partial charge < -0.3 is 5.73 Å². The van der Waals surface area contributed by atoms with Crippen LogP contribution in [0.1, 0.15) is 18.2 Å². The second kappa shape index (κ2) is 4.00. The van der Waals surface area contributed by atoms with Gasteiger partial charge in [-0.3, -0.25) is 4.68 Å². The van der Waals surface area contributed by atoms with Crippen LogP contribution in [0.25, 0.3) is 11.1 Å². The van der Waals surface area contributed by atoms with E-state index in [1.807, 2.05) is 30.1 Å². The zero-order valence-corrected chi connectivity index (χ0v) is 9.99.